The average molecular weight is 250 g/mol. The van der Waals surface area contributed by atoms with Crippen LogP contribution in [0.3, 0.4) is 0 Å². The topological polar surface area (TPSA) is 87.0 Å². The van der Waals surface area contributed by atoms with Gasteiger partial charge in [0.2, 0.25) is 0 Å². The fourth-order valence-corrected chi connectivity index (χ4v) is 1.98. The van der Waals surface area contributed by atoms with E-state index in [0.717, 1.165) is 0 Å². The maximum atomic E-state index is 11.3. The van der Waals surface area contributed by atoms with Gasteiger partial charge in [0.15, 0.2) is 11.4 Å². The normalized spacial score (nSPS) is 21.3. The second-order valence-corrected chi connectivity index (χ2v) is 4.33. The molecule has 0 amide bonds. The maximum Gasteiger partial charge on any atom is 0.163 e. The highest BCUT2D eigenvalue weighted by Gasteiger charge is 2.42. The number of fused-ring (bicyclic) bond motifs is 1. The lowest BCUT2D eigenvalue weighted by atomic mass is 9.88. The Bertz CT molecular complexity index is 534. The third-order valence-corrected chi connectivity index (χ3v) is 3.14. The number of aromatic hydroxyl groups is 1. The summed E-state index contributed by atoms with van der Waals surface area (Å²) in [4.78, 5) is 11.3. The van der Waals surface area contributed by atoms with Gasteiger partial charge in [0.25, 0.3) is 0 Å². The molecule has 1 atom stereocenters. The van der Waals surface area contributed by atoms with E-state index in [2.05, 4.69) is 6.58 Å². The van der Waals surface area contributed by atoms with E-state index in [9.17, 15) is 15.0 Å². The number of benzene rings is 1. The van der Waals surface area contributed by atoms with Crippen molar-refractivity contribution < 1.29 is 24.9 Å². The number of phenols is 1. The Hall–Kier alpha value is -1.85. The summed E-state index contributed by atoms with van der Waals surface area (Å²) in [6, 6.07) is 2.66. The van der Waals surface area contributed by atoms with E-state index in [0.29, 0.717) is 11.3 Å². The minimum Gasteiger partial charge on any atom is -0.507 e. The van der Waals surface area contributed by atoms with E-state index in [1.165, 1.54) is 19.1 Å². The van der Waals surface area contributed by atoms with Crippen molar-refractivity contribution in [1.29, 1.82) is 0 Å². The second kappa shape index (κ2) is 4.12. The largest absolute Gasteiger partial charge is 0.507 e. The summed E-state index contributed by atoms with van der Waals surface area (Å²) in [6.45, 7) is 4.42. The van der Waals surface area contributed by atoms with Crippen LogP contribution < -0.4 is 4.74 Å². The first-order valence-electron chi connectivity index (χ1n) is 5.43. The molecule has 1 heterocycles. The number of ketones is 1. The van der Waals surface area contributed by atoms with Crippen LogP contribution in [-0.4, -0.2) is 34.3 Å². The number of Topliss-reactive ketones (excluding diaryl/α,β-unsaturated/α-hetero) is 1. The Morgan fingerprint density at radius 1 is 1.56 bits per heavy atom. The molecule has 5 heteroatoms. The fraction of sp³-hybridized carbons (Fsp3) is 0.308. The van der Waals surface area contributed by atoms with E-state index >= 15 is 0 Å². The number of hydrogen-bond donors (Lipinski definition) is 3. The zero-order chi connectivity index (χ0) is 13.5. The van der Waals surface area contributed by atoms with Crippen molar-refractivity contribution in [2.75, 3.05) is 13.2 Å². The highest BCUT2D eigenvalue weighted by molar-refractivity contribution is 5.97. The molecule has 0 radical (unpaired) electrons. The number of rotatable bonds is 3. The zero-order valence-electron chi connectivity index (χ0n) is 9.93. The molecule has 0 saturated carbocycles. The predicted molar refractivity (Wildman–Crippen MR) is 63.7 cm³/mol. The lowest BCUT2D eigenvalue weighted by Crippen LogP contribution is -2.31. The molecule has 0 bridgehead atoms. The number of carbonyl (C=O) groups is 1. The van der Waals surface area contributed by atoms with Gasteiger partial charge in [-0.15, -0.1) is 0 Å². The van der Waals surface area contributed by atoms with Crippen molar-refractivity contribution in [3.05, 3.63) is 35.4 Å². The molecule has 5 nitrogen and oxygen atoms in total. The molecular weight excluding hydrogens is 236 g/mol. The average Bonchev–Trinajstić information content (AvgIpc) is 2.66. The van der Waals surface area contributed by atoms with E-state index in [1.54, 1.807) is 0 Å². The predicted octanol–water partition coefficient (Wildman–Crippen LogP) is 0.723. The summed E-state index contributed by atoms with van der Waals surface area (Å²) >= 11 is 0. The number of carbonyl (C=O) groups excluding carboxylic acids is 1. The first-order chi connectivity index (χ1) is 8.40. The number of hydrogen-bond acceptors (Lipinski definition) is 5. The molecule has 18 heavy (non-hydrogen) atoms. The standard InChI is InChI=1S/C13H14O5/c1-7(5-14)13(17)6-18-12-3-9(8(2)15)11(16)4-10(12)13/h3-4,14,16-17H,1,5-6H2,2H3/t13-/m0/s1. The monoisotopic (exact) mass is 250 g/mol. The molecule has 3 N–H and O–H groups in total. The molecule has 2 rings (SSSR count). The van der Waals surface area contributed by atoms with Crippen LogP contribution in [0.4, 0.5) is 0 Å². The van der Waals surface area contributed by atoms with Gasteiger partial charge in [-0.05, 0) is 24.6 Å². The molecule has 1 aliphatic rings. The summed E-state index contributed by atoms with van der Waals surface area (Å²) < 4.78 is 5.30. The van der Waals surface area contributed by atoms with Gasteiger partial charge in [-0.2, -0.15) is 0 Å². The number of aliphatic hydroxyl groups excluding tert-OH is 1. The third kappa shape index (κ3) is 1.68. The molecule has 0 aliphatic carbocycles. The van der Waals surface area contributed by atoms with Crippen molar-refractivity contribution in [3.63, 3.8) is 0 Å². The molecule has 0 aromatic heterocycles. The summed E-state index contributed by atoms with van der Waals surface area (Å²) in [5.41, 5.74) is -0.912. The van der Waals surface area contributed by atoms with E-state index < -0.39 is 12.2 Å². The van der Waals surface area contributed by atoms with Crippen LogP contribution in [0, 0.1) is 0 Å². The smallest absolute Gasteiger partial charge is 0.163 e. The van der Waals surface area contributed by atoms with Gasteiger partial charge in [0.1, 0.15) is 18.1 Å². The van der Waals surface area contributed by atoms with Crippen molar-refractivity contribution in [3.8, 4) is 11.5 Å². The molecule has 0 spiro atoms. The van der Waals surface area contributed by atoms with Crippen LogP contribution in [0.2, 0.25) is 0 Å². The molecule has 1 aromatic rings. The fourth-order valence-electron chi connectivity index (χ4n) is 1.98. The lowest BCUT2D eigenvalue weighted by molar-refractivity contribution is 0.0421. The van der Waals surface area contributed by atoms with Crippen LogP contribution in [0.25, 0.3) is 0 Å². The molecule has 0 fully saturated rings. The van der Waals surface area contributed by atoms with Crippen LogP contribution >= 0.6 is 0 Å². The Morgan fingerprint density at radius 3 is 2.78 bits per heavy atom. The SMILES string of the molecule is C=C(CO)[C@@]1(O)COc2cc(C(C)=O)c(O)cc21. The number of ether oxygens (including phenoxy) is 1. The van der Waals surface area contributed by atoms with Crippen LogP contribution in [-0.2, 0) is 5.60 Å². The van der Waals surface area contributed by atoms with Crippen molar-refractivity contribution in [2.45, 2.75) is 12.5 Å². The van der Waals surface area contributed by atoms with Gasteiger partial charge < -0.3 is 20.1 Å². The highest BCUT2D eigenvalue weighted by atomic mass is 16.5. The molecule has 0 unspecified atom stereocenters. The van der Waals surface area contributed by atoms with Gasteiger partial charge in [-0.3, -0.25) is 4.79 Å². The van der Waals surface area contributed by atoms with Crippen molar-refractivity contribution in [2.24, 2.45) is 0 Å². The minimum absolute atomic E-state index is 0.0947. The molecule has 1 aromatic carbocycles. The lowest BCUT2D eigenvalue weighted by Gasteiger charge is -2.22. The van der Waals surface area contributed by atoms with Crippen molar-refractivity contribution >= 4 is 5.78 Å². The van der Waals surface area contributed by atoms with Gasteiger partial charge in [0.05, 0.1) is 12.2 Å². The molecule has 96 valence electrons. The van der Waals surface area contributed by atoms with E-state index in [1.807, 2.05) is 0 Å². The van der Waals surface area contributed by atoms with Crippen LogP contribution in [0.15, 0.2) is 24.3 Å². The second-order valence-electron chi connectivity index (χ2n) is 4.33. The maximum absolute atomic E-state index is 11.3. The van der Waals surface area contributed by atoms with E-state index in [4.69, 9.17) is 9.84 Å². The Morgan fingerprint density at radius 2 is 2.22 bits per heavy atom. The Balaban J connectivity index is 2.56. The van der Waals surface area contributed by atoms with Crippen LogP contribution in [0.5, 0.6) is 11.5 Å². The molecule has 0 saturated heterocycles. The first-order valence-corrected chi connectivity index (χ1v) is 5.43. The third-order valence-electron chi connectivity index (χ3n) is 3.14. The number of phenolic OH excluding ortho intramolecular Hbond substituents is 1. The quantitative estimate of drug-likeness (QED) is 0.543. The zero-order valence-corrected chi connectivity index (χ0v) is 9.93. The van der Waals surface area contributed by atoms with Gasteiger partial charge >= 0.3 is 0 Å². The van der Waals surface area contributed by atoms with Crippen molar-refractivity contribution in [1.82, 2.24) is 0 Å². The Kier molecular flexibility index (Phi) is 2.88. The minimum atomic E-state index is -1.53. The summed E-state index contributed by atoms with van der Waals surface area (Å²) in [6.07, 6.45) is 0. The van der Waals surface area contributed by atoms with Gasteiger partial charge in [0, 0.05) is 5.56 Å². The van der Waals surface area contributed by atoms with Gasteiger partial charge in [-0.25, -0.2) is 0 Å². The summed E-state index contributed by atoms with van der Waals surface area (Å²) in [5.74, 6) is -0.207. The molecule has 1 aliphatic heterocycles. The van der Waals surface area contributed by atoms with Gasteiger partial charge in [-0.1, -0.05) is 6.58 Å². The Labute approximate surface area is 104 Å². The number of aliphatic hydroxyl groups is 2. The summed E-state index contributed by atoms with van der Waals surface area (Å²) in [7, 11) is 0. The van der Waals surface area contributed by atoms with E-state index in [-0.39, 0.29) is 29.3 Å². The molecular formula is C13H14O5. The summed E-state index contributed by atoms with van der Waals surface area (Å²) in [5, 5.41) is 29.2. The van der Waals surface area contributed by atoms with Crippen LogP contribution in [0.1, 0.15) is 22.8 Å². The highest BCUT2D eigenvalue weighted by Crippen LogP contribution is 2.43. The first kappa shape index (κ1) is 12.6.